The van der Waals surface area contributed by atoms with Crippen molar-refractivity contribution in [3.8, 4) is 5.75 Å². The molecule has 0 spiro atoms. The van der Waals surface area contributed by atoms with Gasteiger partial charge in [-0.15, -0.1) is 13.2 Å². The van der Waals surface area contributed by atoms with Gasteiger partial charge in [0.2, 0.25) is 0 Å². The average Bonchev–Trinajstić information content (AvgIpc) is 2.18. The van der Waals surface area contributed by atoms with E-state index in [1.165, 1.54) is 22.6 Å². The summed E-state index contributed by atoms with van der Waals surface area (Å²) >= 11 is 4.43. The van der Waals surface area contributed by atoms with E-state index in [0.717, 1.165) is 6.20 Å². The van der Waals surface area contributed by atoms with E-state index in [9.17, 15) is 18.0 Å². The van der Waals surface area contributed by atoms with Gasteiger partial charge in [0, 0.05) is 11.5 Å². The Morgan fingerprint density at radius 1 is 1.59 bits per heavy atom. The fraction of sp³-hybridized carbons (Fsp3) is 0.250. The van der Waals surface area contributed by atoms with Crippen LogP contribution in [0.1, 0.15) is 16.1 Å². The van der Waals surface area contributed by atoms with Crippen molar-refractivity contribution in [3.05, 3.63) is 21.0 Å². The van der Waals surface area contributed by atoms with E-state index in [0.29, 0.717) is 0 Å². The van der Waals surface area contributed by atoms with E-state index < -0.39 is 18.1 Å². The molecule has 0 aromatic carbocycles. The molecule has 1 aromatic heterocycles. The Bertz CT molecular complexity index is 452. The summed E-state index contributed by atoms with van der Waals surface area (Å²) < 4.78 is 40.1. The van der Waals surface area contributed by atoms with Crippen LogP contribution in [0, 0.1) is 3.57 Å². The Kier molecular flexibility index (Phi) is 4.58. The summed E-state index contributed by atoms with van der Waals surface area (Å²) in [5, 5.41) is 8.78. The predicted octanol–water partition coefficient (Wildman–Crippen LogP) is 3.18. The van der Waals surface area contributed by atoms with E-state index in [2.05, 4.69) is 25.7 Å². The fourth-order valence-corrected chi connectivity index (χ4v) is 2.16. The van der Waals surface area contributed by atoms with Gasteiger partial charge in [-0.05, 0) is 22.6 Å². The molecule has 0 saturated heterocycles. The first kappa shape index (κ1) is 14.5. The van der Waals surface area contributed by atoms with Crippen molar-refractivity contribution in [1.29, 1.82) is 0 Å². The number of carboxylic acids is 1. The molecule has 0 unspecified atom stereocenters. The van der Waals surface area contributed by atoms with Crippen LogP contribution in [-0.2, 0) is 5.33 Å². The van der Waals surface area contributed by atoms with Gasteiger partial charge < -0.3 is 9.84 Å². The quantitative estimate of drug-likeness (QED) is 0.597. The number of nitrogens with zero attached hydrogens (tertiary/aromatic N) is 1. The smallest absolute Gasteiger partial charge is 0.478 e. The SMILES string of the molecule is O=C(O)c1cnc(CBr)c(OC(F)(F)F)c1I. The van der Waals surface area contributed by atoms with Crippen LogP contribution < -0.4 is 4.74 Å². The van der Waals surface area contributed by atoms with Crippen LogP contribution in [0.2, 0.25) is 0 Å². The highest BCUT2D eigenvalue weighted by Gasteiger charge is 2.34. The molecule has 0 fully saturated rings. The van der Waals surface area contributed by atoms with Crippen LogP contribution in [0.3, 0.4) is 0 Å². The number of ether oxygens (including phenoxy) is 1. The standard InChI is InChI=1S/C8H4BrF3INO3/c9-1-4-6(17-8(10,11)12)5(13)3(2-14-4)7(15)16/h2H,1H2,(H,15,16). The lowest BCUT2D eigenvalue weighted by molar-refractivity contribution is -0.275. The molecule has 0 aliphatic heterocycles. The van der Waals surface area contributed by atoms with Crippen molar-refractivity contribution in [2.24, 2.45) is 0 Å². The number of hydrogen-bond donors (Lipinski definition) is 1. The summed E-state index contributed by atoms with van der Waals surface area (Å²) in [6, 6.07) is 0. The minimum atomic E-state index is -4.89. The third kappa shape index (κ3) is 3.69. The van der Waals surface area contributed by atoms with Crippen LogP contribution in [0.25, 0.3) is 0 Å². The van der Waals surface area contributed by atoms with Gasteiger partial charge in [-0.1, -0.05) is 15.9 Å². The van der Waals surface area contributed by atoms with Crippen LogP contribution in [0.15, 0.2) is 6.20 Å². The lowest BCUT2D eigenvalue weighted by Crippen LogP contribution is -2.20. The first-order chi connectivity index (χ1) is 7.76. The molecule has 1 N–H and O–H groups in total. The van der Waals surface area contributed by atoms with E-state index in [1.807, 2.05) is 0 Å². The normalized spacial score (nSPS) is 11.4. The molecular formula is C8H4BrF3INO3. The molecule has 1 rings (SSSR count). The van der Waals surface area contributed by atoms with Gasteiger partial charge in [0.05, 0.1) is 14.8 Å². The van der Waals surface area contributed by atoms with Gasteiger partial charge in [0.25, 0.3) is 0 Å². The summed E-state index contributed by atoms with van der Waals surface area (Å²) in [6.07, 6.45) is -3.90. The Labute approximate surface area is 115 Å². The first-order valence-electron chi connectivity index (χ1n) is 3.98. The van der Waals surface area contributed by atoms with E-state index in [1.54, 1.807) is 0 Å². The third-order valence-electron chi connectivity index (χ3n) is 1.62. The number of pyridine rings is 1. The lowest BCUT2D eigenvalue weighted by atomic mass is 10.2. The second kappa shape index (κ2) is 5.38. The number of hydrogen-bond acceptors (Lipinski definition) is 3. The summed E-state index contributed by atoms with van der Waals surface area (Å²) in [4.78, 5) is 14.4. The largest absolute Gasteiger partial charge is 0.573 e. The van der Waals surface area contributed by atoms with Crippen molar-refractivity contribution >= 4 is 44.5 Å². The Morgan fingerprint density at radius 2 is 2.18 bits per heavy atom. The first-order valence-corrected chi connectivity index (χ1v) is 6.18. The van der Waals surface area contributed by atoms with Gasteiger partial charge in [0.15, 0.2) is 5.75 Å². The van der Waals surface area contributed by atoms with Gasteiger partial charge in [-0.25, -0.2) is 4.79 Å². The highest BCUT2D eigenvalue weighted by atomic mass is 127. The van der Waals surface area contributed by atoms with Crippen LogP contribution in [0.4, 0.5) is 13.2 Å². The van der Waals surface area contributed by atoms with Crippen LogP contribution in [-0.4, -0.2) is 22.4 Å². The molecule has 0 radical (unpaired) electrons. The molecule has 0 aliphatic rings. The number of carbonyl (C=O) groups is 1. The van der Waals surface area contributed by atoms with Crippen molar-refractivity contribution in [2.45, 2.75) is 11.7 Å². The molecule has 1 aromatic rings. The molecule has 1 heterocycles. The van der Waals surface area contributed by atoms with Gasteiger partial charge in [-0.2, -0.15) is 0 Å². The topological polar surface area (TPSA) is 59.4 Å². The summed E-state index contributed by atoms with van der Waals surface area (Å²) in [7, 11) is 0. The highest BCUT2D eigenvalue weighted by Crippen LogP contribution is 2.33. The zero-order chi connectivity index (χ0) is 13.2. The van der Waals surface area contributed by atoms with Gasteiger partial charge in [-0.3, -0.25) is 4.98 Å². The second-order valence-electron chi connectivity index (χ2n) is 2.75. The van der Waals surface area contributed by atoms with Gasteiger partial charge >= 0.3 is 12.3 Å². The van der Waals surface area contributed by atoms with E-state index >= 15 is 0 Å². The average molecular weight is 426 g/mol. The highest BCUT2D eigenvalue weighted by molar-refractivity contribution is 14.1. The molecule has 0 saturated carbocycles. The Morgan fingerprint density at radius 3 is 2.59 bits per heavy atom. The number of carboxylic acid groups (broad SMARTS) is 1. The maximum Gasteiger partial charge on any atom is 0.573 e. The molecule has 0 bridgehead atoms. The van der Waals surface area contributed by atoms with Crippen LogP contribution in [0.5, 0.6) is 5.75 Å². The monoisotopic (exact) mass is 425 g/mol. The summed E-state index contributed by atoms with van der Waals surface area (Å²) in [5.74, 6) is -1.95. The number of halogens is 5. The van der Waals surface area contributed by atoms with Gasteiger partial charge in [0.1, 0.15) is 0 Å². The predicted molar refractivity (Wildman–Crippen MR) is 63.2 cm³/mol. The number of rotatable bonds is 3. The Hall–Kier alpha value is -0.580. The van der Waals surface area contributed by atoms with Crippen molar-refractivity contribution < 1.29 is 27.8 Å². The molecule has 17 heavy (non-hydrogen) atoms. The third-order valence-corrected chi connectivity index (χ3v) is 3.22. The molecule has 4 nitrogen and oxygen atoms in total. The fourth-order valence-electron chi connectivity index (χ4n) is 0.970. The minimum Gasteiger partial charge on any atom is -0.478 e. The number of aromatic nitrogens is 1. The maximum atomic E-state index is 12.2. The summed E-state index contributed by atoms with van der Waals surface area (Å²) in [5.41, 5.74) is -0.355. The van der Waals surface area contributed by atoms with E-state index in [4.69, 9.17) is 5.11 Å². The van der Waals surface area contributed by atoms with Crippen molar-refractivity contribution in [1.82, 2.24) is 4.98 Å². The lowest BCUT2D eigenvalue weighted by Gasteiger charge is -2.14. The number of alkyl halides is 4. The molecular weight excluding hydrogens is 422 g/mol. The minimum absolute atomic E-state index is 0.0169. The molecule has 0 atom stereocenters. The molecule has 0 aliphatic carbocycles. The maximum absolute atomic E-state index is 12.2. The van der Waals surface area contributed by atoms with E-state index in [-0.39, 0.29) is 20.2 Å². The van der Waals surface area contributed by atoms with Crippen molar-refractivity contribution in [2.75, 3.05) is 0 Å². The second-order valence-corrected chi connectivity index (χ2v) is 4.39. The Balaban J connectivity index is 3.32. The number of aromatic carboxylic acids is 1. The molecule has 9 heteroatoms. The van der Waals surface area contributed by atoms with Crippen molar-refractivity contribution in [3.63, 3.8) is 0 Å². The molecule has 94 valence electrons. The molecule has 0 amide bonds. The zero-order valence-corrected chi connectivity index (χ0v) is 11.6. The summed E-state index contributed by atoms with van der Waals surface area (Å²) in [6.45, 7) is 0. The van der Waals surface area contributed by atoms with Crippen LogP contribution >= 0.6 is 38.5 Å². The zero-order valence-electron chi connectivity index (χ0n) is 7.89.